The van der Waals surface area contributed by atoms with Crippen molar-refractivity contribution in [2.24, 2.45) is 0 Å². The predicted molar refractivity (Wildman–Crippen MR) is 67.7 cm³/mol. The monoisotopic (exact) mass is 234 g/mol. The van der Waals surface area contributed by atoms with E-state index in [4.69, 9.17) is 4.74 Å². The highest BCUT2D eigenvalue weighted by atomic mass is 16.5. The van der Waals surface area contributed by atoms with Gasteiger partial charge in [0.2, 0.25) is 0 Å². The first-order valence-corrected chi connectivity index (χ1v) is 5.81. The minimum absolute atomic E-state index is 0.0626. The number of rotatable bonds is 2. The van der Waals surface area contributed by atoms with Gasteiger partial charge in [-0.05, 0) is 25.5 Å². The summed E-state index contributed by atoms with van der Waals surface area (Å²) in [6.45, 7) is 3.59. The Morgan fingerprint density at radius 1 is 1.29 bits per heavy atom. The topological polar surface area (TPSA) is 32.8 Å². The maximum Gasteiger partial charge on any atom is 0.324 e. The molecule has 17 heavy (non-hydrogen) atoms. The van der Waals surface area contributed by atoms with E-state index >= 15 is 0 Å². The van der Waals surface area contributed by atoms with Crippen LogP contribution in [0.5, 0.6) is 5.75 Å². The highest BCUT2D eigenvalue weighted by Crippen LogP contribution is 2.29. The van der Waals surface area contributed by atoms with Gasteiger partial charge in [-0.3, -0.25) is 4.90 Å². The van der Waals surface area contributed by atoms with Gasteiger partial charge in [0.05, 0.1) is 12.8 Å². The van der Waals surface area contributed by atoms with E-state index in [1.54, 1.807) is 12.0 Å². The quantitative estimate of drug-likeness (QED) is 0.786. The maximum absolute atomic E-state index is 12.1. The number of urea groups is 1. The number of amides is 2. The highest BCUT2D eigenvalue weighted by molar-refractivity contribution is 5.93. The van der Waals surface area contributed by atoms with Crippen LogP contribution in [0.2, 0.25) is 0 Å². The molecule has 2 amide bonds. The fraction of sp³-hybridized carbons (Fsp3) is 0.462. The van der Waals surface area contributed by atoms with E-state index in [2.05, 4.69) is 0 Å². The van der Waals surface area contributed by atoms with Gasteiger partial charge in [0.15, 0.2) is 0 Å². The van der Waals surface area contributed by atoms with Gasteiger partial charge in [0.25, 0.3) is 0 Å². The average Bonchev–Trinajstić information content (AvgIpc) is 2.33. The standard InChI is InChI=1S/C13H18N2O2/c1-10-11(6-4-7-12(10)17-3)15-9-5-8-14(2)13(15)16/h4,6-7H,5,8-9H2,1-3H3. The van der Waals surface area contributed by atoms with Crippen LogP contribution in [0.4, 0.5) is 10.5 Å². The number of nitrogens with zero attached hydrogens (tertiary/aromatic N) is 2. The molecule has 0 radical (unpaired) electrons. The lowest BCUT2D eigenvalue weighted by Gasteiger charge is -2.34. The largest absolute Gasteiger partial charge is 0.496 e. The lowest BCUT2D eigenvalue weighted by atomic mass is 10.1. The van der Waals surface area contributed by atoms with Crippen LogP contribution in [0.25, 0.3) is 0 Å². The summed E-state index contributed by atoms with van der Waals surface area (Å²) in [5.74, 6) is 0.823. The molecule has 92 valence electrons. The van der Waals surface area contributed by atoms with Crippen molar-refractivity contribution in [3.05, 3.63) is 23.8 Å². The van der Waals surface area contributed by atoms with Gasteiger partial charge < -0.3 is 9.64 Å². The number of ether oxygens (including phenoxy) is 1. The van der Waals surface area contributed by atoms with Crippen molar-refractivity contribution in [3.8, 4) is 5.75 Å². The zero-order valence-electron chi connectivity index (χ0n) is 10.6. The third kappa shape index (κ3) is 2.07. The zero-order chi connectivity index (χ0) is 12.4. The number of methoxy groups -OCH3 is 1. The van der Waals surface area contributed by atoms with E-state index in [-0.39, 0.29) is 6.03 Å². The summed E-state index contributed by atoms with van der Waals surface area (Å²) in [5.41, 5.74) is 1.96. The summed E-state index contributed by atoms with van der Waals surface area (Å²) >= 11 is 0. The second kappa shape index (κ2) is 4.65. The molecular formula is C13H18N2O2. The zero-order valence-corrected chi connectivity index (χ0v) is 10.6. The fourth-order valence-corrected chi connectivity index (χ4v) is 2.20. The molecule has 0 bridgehead atoms. The molecule has 1 aliphatic heterocycles. The Hall–Kier alpha value is -1.71. The van der Waals surface area contributed by atoms with Crippen molar-refractivity contribution in [2.75, 3.05) is 32.1 Å². The van der Waals surface area contributed by atoms with E-state index in [1.807, 2.05) is 37.1 Å². The first kappa shape index (κ1) is 11.8. The number of benzene rings is 1. The molecule has 4 nitrogen and oxygen atoms in total. The van der Waals surface area contributed by atoms with Crippen LogP contribution in [0.1, 0.15) is 12.0 Å². The van der Waals surface area contributed by atoms with Crippen molar-refractivity contribution in [1.29, 1.82) is 0 Å². The smallest absolute Gasteiger partial charge is 0.324 e. The summed E-state index contributed by atoms with van der Waals surface area (Å²) in [4.78, 5) is 15.7. The van der Waals surface area contributed by atoms with E-state index in [0.29, 0.717) is 0 Å². The Morgan fingerprint density at radius 3 is 2.76 bits per heavy atom. The van der Waals surface area contributed by atoms with Gasteiger partial charge in [-0.25, -0.2) is 4.79 Å². The molecular weight excluding hydrogens is 216 g/mol. The molecule has 1 aliphatic rings. The van der Waals surface area contributed by atoms with Gasteiger partial charge in [0, 0.05) is 25.7 Å². The van der Waals surface area contributed by atoms with Crippen molar-refractivity contribution in [3.63, 3.8) is 0 Å². The molecule has 4 heteroatoms. The molecule has 0 atom stereocenters. The molecule has 1 aromatic carbocycles. The normalized spacial score (nSPS) is 16.3. The summed E-state index contributed by atoms with van der Waals surface area (Å²) < 4.78 is 5.29. The molecule has 1 heterocycles. The molecule has 0 spiro atoms. The third-order valence-corrected chi connectivity index (χ3v) is 3.20. The van der Waals surface area contributed by atoms with Crippen molar-refractivity contribution in [1.82, 2.24) is 4.90 Å². The summed E-state index contributed by atoms with van der Waals surface area (Å²) in [7, 11) is 3.49. The molecule has 0 aromatic heterocycles. The second-order valence-corrected chi connectivity index (χ2v) is 4.31. The van der Waals surface area contributed by atoms with Crippen LogP contribution in [0.3, 0.4) is 0 Å². The van der Waals surface area contributed by atoms with E-state index in [9.17, 15) is 4.79 Å². The summed E-state index contributed by atoms with van der Waals surface area (Å²) in [5, 5.41) is 0. The minimum atomic E-state index is 0.0626. The number of carbonyl (C=O) groups excluding carboxylic acids is 1. The third-order valence-electron chi connectivity index (χ3n) is 3.20. The average molecular weight is 234 g/mol. The molecule has 0 saturated carbocycles. The van der Waals surface area contributed by atoms with Gasteiger partial charge in [-0.2, -0.15) is 0 Å². The van der Waals surface area contributed by atoms with Crippen LogP contribution in [0, 0.1) is 6.92 Å². The molecule has 2 rings (SSSR count). The molecule has 0 aliphatic carbocycles. The Morgan fingerprint density at radius 2 is 2.06 bits per heavy atom. The molecule has 1 fully saturated rings. The maximum atomic E-state index is 12.1. The van der Waals surface area contributed by atoms with Gasteiger partial charge in [0.1, 0.15) is 5.75 Å². The van der Waals surface area contributed by atoms with Crippen LogP contribution in [0.15, 0.2) is 18.2 Å². The lowest BCUT2D eigenvalue weighted by molar-refractivity contribution is 0.207. The fourth-order valence-electron chi connectivity index (χ4n) is 2.20. The Labute approximate surface area is 102 Å². The van der Waals surface area contributed by atoms with E-state index in [1.165, 1.54) is 0 Å². The SMILES string of the molecule is COc1cccc(N2CCCN(C)C2=O)c1C. The van der Waals surface area contributed by atoms with Crippen LogP contribution < -0.4 is 9.64 Å². The first-order chi connectivity index (χ1) is 8.15. The number of hydrogen-bond acceptors (Lipinski definition) is 2. The first-order valence-electron chi connectivity index (χ1n) is 5.81. The van der Waals surface area contributed by atoms with Gasteiger partial charge in [-0.1, -0.05) is 6.07 Å². The Bertz CT molecular complexity index is 431. The number of hydrogen-bond donors (Lipinski definition) is 0. The summed E-state index contributed by atoms with van der Waals surface area (Å²) in [6.07, 6.45) is 0.999. The Balaban J connectivity index is 2.36. The summed E-state index contributed by atoms with van der Waals surface area (Å²) in [6, 6.07) is 5.86. The molecule has 1 saturated heterocycles. The number of carbonyl (C=O) groups is 1. The van der Waals surface area contributed by atoms with Crippen LogP contribution in [-0.4, -0.2) is 38.2 Å². The van der Waals surface area contributed by atoms with Crippen LogP contribution >= 0.6 is 0 Å². The van der Waals surface area contributed by atoms with E-state index in [0.717, 1.165) is 36.5 Å². The highest BCUT2D eigenvalue weighted by Gasteiger charge is 2.25. The van der Waals surface area contributed by atoms with Gasteiger partial charge in [-0.15, -0.1) is 0 Å². The predicted octanol–water partition coefficient (Wildman–Crippen LogP) is 2.27. The van der Waals surface area contributed by atoms with Crippen molar-refractivity contribution in [2.45, 2.75) is 13.3 Å². The molecule has 0 N–H and O–H groups in total. The second-order valence-electron chi connectivity index (χ2n) is 4.31. The number of anilines is 1. The van der Waals surface area contributed by atoms with Gasteiger partial charge >= 0.3 is 6.03 Å². The van der Waals surface area contributed by atoms with Crippen molar-refractivity contribution < 1.29 is 9.53 Å². The van der Waals surface area contributed by atoms with E-state index < -0.39 is 0 Å². The molecule has 1 aromatic rings. The lowest BCUT2D eigenvalue weighted by Crippen LogP contribution is -2.47. The van der Waals surface area contributed by atoms with Crippen molar-refractivity contribution >= 4 is 11.7 Å². The Kier molecular flexibility index (Phi) is 3.22. The van der Waals surface area contributed by atoms with Crippen LogP contribution in [-0.2, 0) is 0 Å². The minimum Gasteiger partial charge on any atom is -0.496 e. The molecule has 0 unspecified atom stereocenters.